The van der Waals surface area contributed by atoms with Crippen LogP contribution in [-0.4, -0.2) is 6.29 Å². The van der Waals surface area contributed by atoms with Gasteiger partial charge in [-0.25, -0.2) is 0 Å². The lowest BCUT2D eigenvalue weighted by Crippen LogP contribution is -2.12. The summed E-state index contributed by atoms with van der Waals surface area (Å²) < 4.78 is 0. The van der Waals surface area contributed by atoms with E-state index < -0.39 is 0 Å². The van der Waals surface area contributed by atoms with Crippen molar-refractivity contribution in [3.8, 4) is 0 Å². The van der Waals surface area contributed by atoms with Gasteiger partial charge < -0.3 is 0 Å². The first-order valence-electron chi connectivity index (χ1n) is 7.87. The van der Waals surface area contributed by atoms with Crippen molar-refractivity contribution in [2.75, 3.05) is 0 Å². The molecule has 0 fully saturated rings. The van der Waals surface area contributed by atoms with E-state index in [1.165, 1.54) is 16.7 Å². The highest BCUT2D eigenvalue weighted by atomic mass is 16.1. The molecule has 120 valence electrons. The molecule has 0 aromatic heterocycles. The molecule has 0 saturated heterocycles. The molecule has 0 atom stereocenters. The second-order valence-corrected chi connectivity index (χ2v) is 5.39. The van der Waals surface area contributed by atoms with Gasteiger partial charge in [0.25, 0.3) is 0 Å². The summed E-state index contributed by atoms with van der Waals surface area (Å²) in [4.78, 5) is 11.8. The van der Waals surface area contributed by atoms with Crippen LogP contribution in [0.1, 0.15) is 38.2 Å². The van der Waals surface area contributed by atoms with Gasteiger partial charge in [-0.1, -0.05) is 30.4 Å². The molecule has 0 heterocycles. The Morgan fingerprint density at radius 2 is 0.783 bits per heavy atom. The summed E-state index contributed by atoms with van der Waals surface area (Å²) in [6.45, 7) is 19.3. The molecule has 0 amide bonds. The van der Waals surface area contributed by atoms with Crippen LogP contribution in [0.25, 0.3) is 0 Å². The highest BCUT2D eigenvalue weighted by Gasteiger charge is 2.20. The fraction of sp³-hybridized carbons (Fsp3) is 0.227. The SMILES string of the molecule is C=CCc1c(C=O)c(CC=C)c(CC=C)c(CC=C)c1CC=C. The average molecular weight is 306 g/mol. The molecular weight excluding hydrogens is 280 g/mol. The van der Waals surface area contributed by atoms with Gasteiger partial charge in [-0.15, -0.1) is 32.9 Å². The minimum atomic E-state index is 0.667. The van der Waals surface area contributed by atoms with Gasteiger partial charge in [0.05, 0.1) is 0 Å². The number of rotatable bonds is 11. The number of aldehydes is 1. The maximum atomic E-state index is 11.8. The van der Waals surface area contributed by atoms with E-state index >= 15 is 0 Å². The molecule has 0 unspecified atom stereocenters. The number of hydrogen-bond donors (Lipinski definition) is 0. The van der Waals surface area contributed by atoms with Crippen LogP contribution < -0.4 is 0 Å². The van der Waals surface area contributed by atoms with Gasteiger partial charge in [0.1, 0.15) is 0 Å². The molecule has 1 aromatic carbocycles. The van der Waals surface area contributed by atoms with Gasteiger partial charge in [0.2, 0.25) is 0 Å². The third-order valence-corrected chi connectivity index (χ3v) is 3.97. The van der Waals surface area contributed by atoms with E-state index in [0.29, 0.717) is 12.8 Å². The highest BCUT2D eigenvalue weighted by molar-refractivity contribution is 5.83. The van der Waals surface area contributed by atoms with Crippen LogP contribution in [0.2, 0.25) is 0 Å². The van der Waals surface area contributed by atoms with E-state index in [1.54, 1.807) is 0 Å². The number of carbonyl (C=O) groups excluding carboxylic acids is 1. The second kappa shape index (κ2) is 9.58. The lowest BCUT2D eigenvalue weighted by molar-refractivity contribution is 0.112. The zero-order chi connectivity index (χ0) is 17.2. The van der Waals surface area contributed by atoms with Gasteiger partial charge >= 0.3 is 0 Å². The topological polar surface area (TPSA) is 17.1 Å². The fourth-order valence-electron chi connectivity index (χ4n) is 3.12. The first kappa shape index (κ1) is 18.6. The van der Waals surface area contributed by atoms with Crippen molar-refractivity contribution in [1.29, 1.82) is 0 Å². The predicted octanol–water partition coefficient (Wildman–Crippen LogP) is 5.14. The van der Waals surface area contributed by atoms with Crippen LogP contribution in [0.5, 0.6) is 0 Å². The smallest absolute Gasteiger partial charge is 0.150 e. The molecule has 1 aromatic rings. The minimum absolute atomic E-state index is 0.667. The zero-order valence-corrected chi connectivity index (χ0v) is 13.9. The first-order valence-corrected chi connectivity index (χ1v) is 7.87. The Morgan fingerprint density at radius 1 is 0.522 bits per heavy atom. The molecular formula is C22H26O. The zero-order valence-electron chi connectivity index (χ0n) is 13.9. The second-order valence-electron chi connectivity index (χ2n) is 5.39. The van der Waals surface area contributed by atoms with E-state index in [2.05, 4.69) is 32.9 Å². The van der Waals surface area contributed by atoms with Gasteiger partial charge in [0, 0.05) is 5.56 Å². The van der Waals surface area contributed by atoms with Crippen molar-refractivity contribution < 1.29 is 4.79 Å². The molecule has 0 bridgehead atoms. The Hall–Kier alpha value is -2.41. The molecule has 1 heteroatoms. The van der Waals surface area contributed by atoms with E-state index in [9.17, 15) is 4.79 Å². The molecule has 23 heavy (non-hydrogen) atoms. The predicted molar refractivity (Wildman–Crippen MR) is 101 cm³/mol. The number of carbonyl (C=O) groups is 1. The molecule has 0 saturated carbocycles. The van der Waals surface area contributed by atoms with Gasteiger partial charge in [-0.05, 0) is 59.9 Å². The van der Waals surface area contributed by atoms with Crippen molar-refractivity contribution in [2.45, 2.75) is 32.1 Å². The molecule has 0 aliphatic rings. The summed E-state index contributed by atoms with van der Waals surface area (Å²) in [5, 5.41) is 0. The third-order valence-electron chi connectivity index (χ3n) is 3.97. The Balaban J connectivity index is 3.92. The number of hydrogen-bond acceptors (Lipinski definition) is 1. The van der Waals surface area contributed by atoms with Crippen LogP contribution >= 0.6 is 0 Å². The molecule has 1 nitrogen and oxygen atoms in total. The molecule has 0 aliphatic heterocycles. The molecule has 0 aliphatic carbocycles. The average Bonchev–Trinajstić information content (AvgIpc) is 2.54. The maximum Gasteiger partial charge on any atom is 0.150 e. The minimum Gasteiger partial charge on any atom is -0.298 e. The van der Waals surface area contributed by atoms with E-state index in [4.69, 9.17) is 0 Å². The Kier molecular flexibility index (Phi) is 7.76. The lowest BCUT2D eigenvalue weighted by atomic mass is 9.81. The quantitative estimate of drug-likeness (QED) is 0.408. The van der Waals surface area contributed by atoms with E-state index in [1.807, 2.05) is 30.4 Å². The van der Waals surface area contributed by atoms with Crippen molar-refractivity contribution in [3.05, 3.63) is 96.7 Å². The number of allylic oxidation sites excluding steroid dienone is 5. The summed E-state index contributed by atoms with van der Waals surface area (Å²) >= 11 is 0. The van der Waals surface area contributed by atoms with Gasteiger partial charge in [-0.3, -0.25) is 4.79 Å². The first-order chi connectivity index (χ1) is 11.2. The number of benzene rings is 1. The maximum absolute atomic E-state index is 11.8. The third kappa shape index (κ3) is 4.07. The van der Waals surface area contributed by atoms with Gasteiger partial charge in [0.15, 0.2) is 6.29 Å². The highest BCUT2D eigenvalue weighted by Crippen LogP contribution is 2.31. The summed E-state index contributed by atoms with van der Waals surface area (Å²) in [6.07, 6.45) is 13.9. The standard InChI is InChI=1S/C22H26O/c1-6-11-17-18(12-7-2)20(14-9-4)22(16-23)21(15-10-5)19(17)13-8-3/h6-10,16H,1-5,11-15H2. The van der Waals surface area contributed by atoms with E-state index in [0.717, 1.165) is 42.2 Å². The summed E-state index contributed by atoms with van der Waals surface area (Å²) in [5.74, 6) is 0. The largest absolute Gasteiger partial charge is 0.298 e. The Labute approximate surface area is 140 Å². The molecule has 0 spiro atoms. The van der Waals surface area contributed by atoms with E-state index in [-0.39, 0.29) is 0 Å². The van der Waals surface area contributed by atoms with Crippen LogP contribution in [-0.2, 0) is 32.1 Å². The summed E-state index contributed by atoms with van der Waals surface area (Å²) in [7, 11) is 0. The van der Waals surface area contributed by atoms with Crippen LogP contribution in [0.3, 0.4) is 0 Å². The normalized spacial score (nSPS) is 9.91. The van der Waals surface area contributed by atoms with Crippen LogP contribution in [0.4, 0.5) is 0 Å². The Bertz CT molecular complexity index is 587. The van der Waals surface area contributed by atoms with Crippen molar-refractivity contribution in [1.82, 2.24) is 0 Å². The fourth-order valence-corrected chi connectivity index (χ4v) is 3.12. The molecule has 1 rings (SSSR count). The van der Waals surface area contributed by atoms with Crippen LogP contribution in [0, 0.1) is 0 Å². The molecule has 0 radical (unpaired) electrons. The van der Waals surface area contributed by atoms with Crippen molar-refractivity contribution >= 4 is 6.29 Å². The van der Waals surface area contributed by atoms with Crippen molar-refractivity contribution in [2.24, 2.45) is 0 Å². The summed E-state index contributed by atoms with van der Waals surface area (Å²) in [6, 6.07) is 0. The monoisotopic (exact) mass is 306 g/mol. The van der Waals surface area contributed by atoms with Gasteiger partial charge in [-0.2, -0.15) is 0 Å². The Morgan fingerprint density at radius 3 is 1.04 bits per heavy atom. The lowest BCUT2D eigenvalue weighted by Gasteiger charge is -2.23. The molecule has 0 N–H and O–H groups in total. The summed E-state index contributed by atoms with van der Waals surface area (Å²) in [5.41, 5.74) is 6.45. The van der Waals surface area contributed by atoms with Crippen LogP contribution in [0.15, 0.2) is 63.3 Å². The van der Waals surface area contributed by atoms with Crippen molar-refractivity contribution in [3.63, 3.8) is 0 Å².